The standard InChI is InChI=1S/C11H15ClO/c1-2-3-4-5-9-6-7-10(12)11(13)8-9/h6-8,13H,2-5H2,1H3. The van der Waals surface area contributed by atoms with Crippen LogP contribution in [0.15, 0.2) is 18.2 Å². The molecule has 0 atom stereocenters. The van der Waals surface area contributed by atoms with Crippen LogP contribution in [0.1, 0.15) is 31.7 Å². The lowest BCUT2D eigenvalue weighted by molar-refractivity contribution is 0.474. The molecule has 13 heavy (non-hydrogen) atoms. The summed E-state index contributed by atoms with van der Waals surface area (Å²) in [4.78, 5) is 0. The number of aromatic hydroxyl groups is 1. The van der Waals surface area contributed by atoms with Gasteiger partial charge in [-0.15, -0.1) is 0 Å². The molecular formula is C11H15ClO. The van der Waals surface area contributed by atoms with Gasteiger partial charge in [0, 0.05) is 0 Å². The van der Waals surface area contributed by atoms with E-state index < -0.39 is 0 Å². The minimum atomic E-state index is 0.190. The Hall–Kier alpha value is -0.690. The topological polar surface area (TPSA) is 20.2 Å². The van der Waals surface area contributed by atoms with Crippen LogP contribution in [0.2, 0.25) is 5.02 Å². The second-order valence-corrected chi connectivity index (χ2v) is 3.65. The Balaban J connectivity index is 2.53. The first-order chi connectivity index (χ1) is 6.24. The van der Waals surface area contributed by atoms with Crippen LogP contribution in [0.25, 0.3) is 0 Å². The van der Waals surface area contributed by atoms with Crippen molar-refractivity contribution in [2.24, 2.45) is 0 Å². The molecule has 0 aromatic heterocycles. The number of phenols is 1. The van der Waals surface area contributed by atoms with E-state index in [0.717, 1.165) is 12.0 Å². The van der Waals surface area contributed by atoms with Crippen molar-refractivity contribution in [3.8, 4) is 5.75 Å². The van der Waals surface area contributed by atoms with Crippen molar-refractivity contribution < 1.29 is 5.11 Å². The van der Waals surface area contributed by atoms with E-state index in [4.69, 9.17) is 11.6 Å². The van der Waals surface area contributed by atoms with Gasteiger partial charge in [-0.3, -0.25) is 0 Å². The summed E-state index contributed by atoms with van der Waals surface area (Å²) in [5, 5.41) is 9.75. The van der Waals surface area contributed by atoms with Crippen LogP contribution >= 0.6 is 11.6 Å². The van der Waals surface area contributed by atoms with Gasteiger partial charge in [0.25, 0.3) is 0 Å². The van der Waals surface area contributed by atoms with E-state index in [-0.39, 0.29) is 5.75 Å². The summed E-state index contributed by atoms with van der Waals surface area (Å²) in [5.41, 5.74) is 1.16. The maximum Gasteiger partial charge on any atom is 0.134 e. The Bertz CT molecular complexity index is 271. The average molecular weight is 199 g/mol. The first-order valence-corrected chi connectivity index (χ1v) is 5.09. The predicted octanol–water partition coefficient (Wildman–Crippen LogP) is 3.78. The normalized spacial score (nSPS) is 10.3. The number of unbranched alkanes of at least 4 members (excludes halogenated alkanes) is 2. The highest BCUT2D eigenvalue weighted by atomic mass is 35.5. The van der Waals surface area contributed by atoms with E-state index in [9.17, 15) is 5.11 Å². The van der Waals surface area contributed by atoms with Gasteiger partial charge in [0.05, 0.1) is 5.02 Å². The Morgan fingerprint density at radius 1 is 1.31 bits per heavy atom. The van der Waals surface area contributed by atoms with Crippen molar-refractivity contribution in [1.29, 1.82) is 0 Å². The summed E-state index contributed by atoms with van der Waals surface area (Å²) in [6.07, 6.45) is 4.67. The maximum atomic E-state index is 9.32. The molecule has 0 amide bonds. The first-order valence-electron chi connectivity index (χ1n) is 4.71. The summed E-state index contributed by atoms with van der Waals surface area (Å²) in [5.74, 6) is 0.190. The molecule has 1 N–H and O–H groups in total. The minimum absolute atomic E-state index is 0.190. The molecule has 1 aromatic rings. The minimum Gasteiger partial charge on any atom is -0.506 e. The molecule has 0 spiro atoms. The third-order valence-corrected chi connectivity index (χ3v) is 2.40. The molecule has 0 unspecified atom stereocenters. The van der Waals surface area contributed by atoms with Gasteiger partial charge in [-0.25, -0.2) is 0 Å². The molecule has 1 nitrogen and oxygen atoms in total. The largest absolute Gasteiger partial charge is 0.506 e. The zero-order chi connectivity index (χ0) is 9.68. The van der Waals surface area contributed by atoms with E-state index in [1.165, 1.54) is 19.3 Å². The van der Waals surface area contributed by atoms with Crippen LogP contribution < -0.4 is 0 Å². The highest BCUT2D eigenvalue weighted by Gasteiger charge is 1.99. The molecule has 1 aromatic carbocycles. The molecule has 72 valence electrons. The summed E-state index contributed by atoms with van der Waals surface area (Å²) in [6, 6.07) is 5.47. The van der Waals surface area contributed by atoms with Gasteiger partial charge < -0.3 is 5.11 Å². The molecule has 0 heterocycles. The summed E-state index contributed by atoms with van der Waals surface area (Å²) < 4.78 is 0. The smallest absolute Gasteiger partial charge is 0.134 e. The number of rotatable bonds is 4. The third kappa shape index (κ3) is 3.27. The highest BCUT2D eigenvalue weighted by molar-refractivity contribution is 6.31. The highest BCUT2D eigenvalue weighted by Crippen LogP contribution is 2.24. The van der Waals surface area contributed by atoms with Crippen LogP contribution in [-0.4, -0.2) is 5.11 Å². The van der Waals surface area contributed by atoms with Crippen LogP contribution in [0.4, 0.5) is 0 Å². The first kappa shape index (κ1) is 10.4. The fourth-order valence-corrected chi connectivity index (χ4v) is 1.41. The summed E-state index contributed by atoms with van der Waals surface area (Å²) in [7, 11) is 0. The number of hydrogen-bond acceptors (Lipinski definition) is 1. The summed E-state index contributed by atoms with van der Waals surface area (Å²) in [6.45, 7) is 2.18. The monoisotopic (exact) mass is 198 g/mol. The zero-order valence-electron chi connectivity index (χ0n) is 7.89. The lowest BCUT2D eigenvalue weighted by Gasteiger charge is -2.02. The number of aryl methyl sites for hydroxylation is 1. The Morgan fingerprint density at radius 3 is 2.69 bits per heavy atom. The molecule has 0 bridgehead atoms. The van der Waals surface area contributed by atoms with Crippen molar-refractivity contribution >= 4 is 11.6 Å². The SMILES string of the molecule is CCCCCc1ccc(Cl)c(O)c1. The van der Waals surface area contributed by atoms with Gasteiger partial charge in [-0.05, 0) is 30.5 Å². The van der Waals surface area contributed by atoms with Crippen LogP contribution in [0.3, 0.4) is 0 Å². The third-order valence-electron chi connectivity index (χ3n) is 2.08. The number of phenolic OH excluding ortho intramolecular Hbond substituents is 1. The second-order valence-electron chi connectivity index (χ2n) is 3.24. The van der Waals surface area contributed by atoms with Crippen molar-refractivity contribution in [1.82, 2.24) is 0 Å². The molecule has 0 saturated carbocycles. The van der Waals surface area contributed by atoms with Crippen LogP contribution in [-0.2, 0) is 6.42 Å². The molecular weight excluding hydrogens is 184 g/mol. The number of hydrogen-bond donors (Lipinski definition) is 1. The molecule has 2 heteroatoms. The van der Waals surface area contributed by atoms with Crippen LogP contribution in [0.5, 0.6) is 5.75 Å². The lowest BCUT2D eigenvalue weighted by atomic mass is 10.1. The number of benzene rings is 1. The van der Waals surface area contributed by atoms with Crippen LogP contribution in [0, 0.1) is 0 Å². The van der Waals surface area contributed by atoms with Gasteiger partial charge in [0.1, 0.15) is 5.75 Å². The molecule has 0 radical (unpaired) electrons. The fraction of sp³-hybridized carbons (Fsp3) is 0.455. The number of halogens is 1. The van der Waals surface area contributed by atoms with Crippen molar-refractivity contribution in [3.63, 3.8) is 0 Å². The molecule has 0 fully saturated rings. The van der Waals surface area contributed by atoms with Crippen molar-refractivity contribution in [3.05, 3.63) is 28.8 Å². The van der Waals surface area contributed by atoms with Gasteiger partial charge >= 0.3 is 0 Å². The average Bonchev–Trinajstić information content (AvgIpc) is 2.12. The van der Waals surface area contributed by atoms with Gasteiger partial charge in [0.2, 0.25) is 0 Å². The van der Waals surface area contributed by atoms with Crippen molar-refractivity contribution in [2.75, 3.05) is 0 Å². The molecule has 0 saturated heterocycles. The quantitative estimate of drug-likeness (QED) is 0.731. The van der Waals surface area contributed by atoms with E-state index >= 15 is 0 Å². The molecule has 0 aliphatic carbocycles. The fourth-order valence-electron chi connectivity index (χ4n) is 1.29. The van der Waals surface area contributed by atoms with E-state index in [2.05, 4.69) is 6.92 Å². The van der Waals surface area contributed by atoms with Gasteiger partial charge in [-0.2, -0.15) is 0 Å². The van der Waals surface area contributed by atoms with E-state index in [1.807, 2.05) is 6.07 Å². The zero-order valence-corrected chi connectivity index (χ0v) is 8.64. The second kappa shape index (κ2) is 5.13. The Morgan fingerprint density at radius 2 is 2.08 bits per heavy atom. The van der Waals surface area contributed by atoms with Gasteiger partial charge in [0.15, 0.2) is 0 Å². The Labute approximate surface area is 84.4 Å². The Kier molecular flexibility index (Phi) is 4.10. The van der Waals surface area contributed by atoms with E-state index in [1.54, 1.807) is 12.1 Å². The van der Waals surface area contributed by atoms with Gasteiger partial charge in [-0.1, -0.05) is 37.4 Å². The van der Waals surface area contributed by atoms with Crippen molar-refractivity contribution in [2.45, 2.75) is 32.6 Å². The summed E-state index contributed by atoms with van der Waals surface area (Å²) >= 11 is 5.69. The van der Waals surface area contributed by atoms with E-state index in [0.29, 0.717) is 5.02 Å². The lowest BCUT2D eigenvalue weighted by Crippen LogP contribution is -1.84. The molecule has 0 aliphatic rings. The predicted molar refractivity (Wildman–Crippen MR) is 56.3 cm³/mol. The molecule has 0 aliphatic heterocycles. The maximum absolute atomic E-state index is 9.32. The molecule has 1 rings (SSSR count).